The lowest BCUT2D eigenvalue weighted by Gasteiger charge is -2.44. The summed E-state index contributed by atoms with van der Waals surface area (Å²) in [5, 5.41) is 19.3. The molecule has 2 heterocycles. The average Bonchev–Trinajstić information content (AvgIpc) is 2.41. The summed E-state index contributed by atoms with van der Waals surface area (Å²) in [6.07, 6.45) is 3.46. The predicted molar refractivity (Wildman–Crippen MR) is 80.1 cm³/mol. The molecule has 0 aliphatic carbocycles. The SMILES string of the molecule is CCCN1CCC[C@H]2c3cc(O)c(O)cc3OC[C@@H]21.Cl. The molecule has 0 spiro atoms. The van der Waals surface area contributed by atoms with Gasteiger partial charge in [-0.1, -0.05) is 6.92 Å². The largest absolute Gasteiger partial charge is 0.504 e. The van der Waals surface area contributed by atoms with E-state index in [9.17, 15) is 10.2 Å². The fraction of sp³-hybridized carbons (Fsp3) is 0.600. The van der Waals surface area contributed by atoms with Crippen molar-refractivity contribution in [3.63, 3.8) is 0 Å². The van der Waals surface area contributed by atoms with Crippen molar-refractivity contribution in [1.82, 2.24) is 4.90 Å². The van der Waals surface area contributed by atoms with Gasteiger partial charge in [0.2, 0.25) is 0 Å². The van der Waals surface area contributed by atoms with Crippen molar-refractivity contribution in [3.8, 4) is 17.2 Å². The number of nitrogens with zero attached hydrogens (tertiary/aromatic N) is 1. The highest BCUT2D eigenvalue weighted by atomic mass is 35.5. The van der Waals surface area contributed by atoms with Crippen molar-refractivity contribution in [2.45, 2.75) is 38.1 Å². The maximum Gasteiger partial charge on any atom is 0.161 e. The van der Waals surface area contributed by atoms with Crippen molar-refractivity contribution >= 4 is 12.4 Å². The first-order valence-corrected chi connectivity index (χ1v) is 7.13. The van der Waals surface area contributed by atoms with E-state index in [1.807, 2.05) is 0 Å². The number of aromatic hydroxyl groups is 2. The lowest BCUT2D eigenvalue weighted by Crippen LogP contribution is -2.49. The fourth-order valence-electron chi connectivity index (χ4n) is 3.44. The molecule has 0 bridgehead atoms. The molecule has 0 radical (unpaired) electrons. The number of hydrogen-bond acceptors (Lipinski definition) is 4. The first-order valence-electron chi connectivity index (χ1n) is 7.13. The van der Waals surface area contributed by atoms with Gasteiger partial charge in [0, 0.05) is 17.5 Å². The van der Waals surface area contributed by atoms with Crippen LogP contribution in [0, 0.1) is 0 Å². The Morgan fingerprint density at radius 2 is 2.05 bits per heavy atom. The third kappa shape index (κ3) is 2.54. The molecule has 112 valence electrons. The van der Waals surface area contributed by atoms with Gasteiger partial charge in [0.25, 0.3) is 0 Å². The number of fused-ring (bicyclic) bond motifs is 3. The third-order valence-corrected chi connectivity index (χ3v) is 4.32. The minimum Gasteiger partial charge on any atom is -0.504 e. The number of rotatable bonds is 2. The Labute approximate surface area is 125 Å². The smallest absolute Gasteiger partial charge is 0.161 e. The van der Waals surface area contributed by atoms with Crippen LogP contribution in [0.15, 0.2) is 12.1 Å². The van der Waals surface area contributed by atoms with Gasteiger partial charge in [-0.2, -0.15) is 0 Å². The lowest BCUT2D eigenvalue weighted by molar-refractivity contribution is 0.0656. The van der Waals surface area contributed by atoms with Crippen LogP contribution < -0.4 is 4.74 Å². The summed E-state index contributed by atoms with van der Waals surface area (Å²) < 4.78 is 5.79. The van der Waals surface area contributed by atoms with E-state index in [0.717, 1.165) is 37.2 Å². The van der Waals surface area contributed by atoms with Crippen molar-refractivity contribution in [1.29, 1.82) is 0 Å². The third-order valence-electron chi connectivity index (χ3n) is 4.32. The molecule has 0 aromatic heterocycles. The Balaban J connectivity index is 0.00000147. The molecule has 1 fully saturated rings. The van der Waals surface area contributed by atoms with E-state index >= 15 is 0 Å². The maximum atomic E-state index is 9.72. The molecule has 2 aliphatic rings. The van der Waals surface area contributed by atoms with Crippen LogP contribution in [0.25, 0.3) is 0 Å². The van der Waals surface area contributed by atoms with Gasteiger partial charge < -0.3 is 14.9 Å². The molecular weight excluding hydrogens is 278 g/mol. The van der Waals surface area contributed by atoms with E-state index in [2.05, 4.69) is 11.8 Å². The maximum absolute atomic E-state index is 9.72. The minimum atomic E-state index is -0.0987. The van der Waals surface area contributed by atoms with Gasteiger partial charge in [0.05, 0.1) is 6.04 Å². The van der Waals surface area contributed by atoms with Crippen LogP contribution in [0.5, 0.6) is 17.2 Å². The summed E-state index contributed by atoms with van der Waals surface area (Å²) >= 11 is 0. The summed E-state index contributed by atoms with van der Waals surface area (Å²) in [6, 6.07) is 3.63. The Kier molecular flexibility index (Phi) is 4.66. The molecule has 2 aliphatic heterocycles. The van der Waals surface area contributed by atoms with E-state index < -0.39 is 0 Å². The second-order valence-electron chi connectivity index (χ2n) is 5.54. The Bertz CT molecular complexity index is 478. The molecule has 1 aromatic carbocycles. The number of ether oxygens (including phenoxy) is 1. The van der Waals surface area contributed by atoms with Crippen LogP contribution in [0.2, 0.25) is 0 Å². The molecule has 2 N–H and O–H groups in total. The number of piperidine rings is 1. The molecule has 4 nitrogen and oxygen atoms in total. The predicted octanol–water partition coefficient (Wildman–Crippen LogP) is 2.87. The van der Waals surface area contributed by atoms with Crippen LogP contribution in [-0.4, -0.2) is 40.9 Å². The zero-order valence-corrected chi connectivity index (χ0v) is 12.5. The van der Waals surface area contributed by atoms with Crippen LogP contribution in [-0.2, 0) is 0 Å². The molecule has 1 aromatic rings. The average molecular weight is 300 g/mol. The zero-order chi connectivity index (χ0) is 13.4. The van der Waals surface area contributed by atoms with Crippen LogP contribution >= 0.6 is 12.4 Å². The Morgan fingerprint density at radius 1 is 1.30 bits per heavy atom. The molecule has 1 saturated heterocycles. The van der Waals surface area contributed by atoms with Gasteiger partial charge in [-0.15, -0.1) is 12.4 Å². The van der Waals surface area contributed by atoms with Gasteiger partial charge in [0.1, 0.15) is 12.4 Å². The number of halogens is 1. The normalized spacial score (nSPS) is 25.1. The van der Waals surface area contributed by atoms with Crippen molar-refractivity contribution < 1.29 is 14.9 Å². The highest BCUT2D eigenvalue weighted by Gasteiger charge is 2.37. The van der Waals surface area contributed by atoms with E-state index in [4.69, 9.17) is 4.74 Å². The highest BCUT2D eigenvalue weighted by molar-refractivity contribution is 5.85. The topological polar surface area (TPSA) is 52.9 Å². The van der Waals surface area contributed by atoms with E-state index in [-0.39, 0.29) is 23.9 Å². The summed E-state index contributed by atoms with van der Waals surface area (Å²) in [4.78, 5) is 2.50. The highest BCUT2D eigenvalue weighted by Crippen LogP contribution is 2.45. The number of phenols is 2. The summed E-state index contributed by atoms with van der Waals surface area (Å²) in [6.45, 7) is 5.12. The summed E-state index contributed by atoms with van der Waals surface area (Å²) in [5.74, 6) is 1.000. The Morgan fingerprint density at radius 3 is 2.80 bits per heavy atom. The monoisotopic (exact) mass is 299 g/mol. The van der Waals surface area contributed by atoms with Gasteiger partial charge in [-0.25, -0.2) is 0 Å². The van der Waals surface area contributed by atoms with Gasteiger partial charge in [-0.05, 0) is 38.4 Å². The number of benzene rings is 1. The van der Waals surface area contributed by atoms with E-state index in [1.165, 1.54) is 6.42 Å². The minimum absolute atomic E-state index is 0. The van der Waals surface area contributed by atoms with Crippen molar-refractivity contribution in [2.24, 2.45) is 0 Å². The quantitative estimate of drug-likeness (QED) is 0.825. The zero-order valence-electron chi connectivity index (χ0n) is 11.7. The van der Waals surface area contributed by atoms with E-state index in [1.54, 1.807) is 12.1 Å². The second-order valence-corrected chi connectivity index (χ2v) is 5.54. The van der Waals surface area contributed by atoms with Crippen LogP contribution in [0.3, 0.4) is 0 Å². The molecule has 20 heavy (non-hydrogen) atoms. The fourth-order valence-corrected chi connectivity index (χ4v) is 3.44. The molecule has 0 unspecified atom stereocenters. The summed E-state index contributed by atoms with van der Waals surface area (Å²) in [5.41, 5.74) is 1.05. The van der Waals surface area contributed by atoms with Crippen molar-refractivity contribution in [2.75, 3.05) is 19.7 Å². The van der Waals surface area contributed by atoms with E-state index in [0.29, 0.717) is 18.6 Å². The van der Waals surface area contributed by atoms with Gasteiger partial charge in [-0.3, -0.25) is 4.90 Å². The van der Waals surface area contributed by atoms with Gasteiger partial charge >= 0.3 is 0 Å². The molecule has 2 atom stereocenters. The van der Waals surface area contributed by atoms with Crippen LogP contribution in [0.4, 0.5) is 0 Å². The van der Waals surface area contributed by atoms with Crippen molar-refractivity contribution in [3.05, 3.63) is 17.7 Å². The molecule has 3 rings (SSSR count). The molecule has 0 saturated carbocycles. The second kappa shape index (κ2) is 6.10. The Hall–Kier alpha value is -1.13. The first kappa shape index (κ1) is 15.3. The number of phenolic OH excluding ortho intramolecular Hbond substituents is 2. The van der Waals surface area contributed by atoms with Gasteiger partial charge in [0.15, 0.2) is 11.5 Å². The first-order chi connectivity index (χ1) is 9.20. The standard InChI is InChI=1S/C15H21NO3.ClH/c1-2-5-16-6-3-4-10-11-7-13(17)14(18)8-15(11)19-9-12(10)16;/h7-8,10,12,17-18H,2-6,9H2,1H3;1H/t10-,12-;/m0./s1. The number of hydrogen-bond donors (Lipinski definition) is 2. The number of likely N-dealkylation sites (tertiary alicyclic amines) is 1. The van der Waals surface area contributed by atoms with Crippen LogP contribution in [0.1, 0.15) is 37.7 Å². The molecule has 0 amide bonds. The lowest BCUT2D eigenvalue weighted by atomic mass is 9.81. The summed E-state index contributed by atoms with van der Waals surface area (Å²) in [7, 11) is 0. The molecular formula is C15H22ClNO3. The molecule has 5 heteroatoms.